The molecule has 3 rings (SSSR count). The van der Waals surface area contributed by atoms with Crippen molar-refractivity contribution in [2.24, 2.45) is 0 Å². The Kier molecular flexibility index (Phi) is 4.60. The predicted octanol–water partition coefficient (Wildman–Crippen LogP) is 4.43. The molecule has 0 bridgehead atoms. The number of aromatic amines is 1. The van der Waals surface area contributed by atoms with Gasteiger partial charge in [0.15, 0.2) is 0 Å². The van der Waals surface area contributed by atoms with Crippen molar-refractivity contribution in [1.29, 1.82) is 0 Å². The quantitative estimate of drug-likeness (QED) is 0.729. The van der Waals surface area contributed by atoms with Crippen molar-refractivity contribution in [3.63, 3.8) is 0 Å². The molecule has 0 aliphatic carbocycles. The van der Waals surface area contributed by atoms with Crippen molar-refractivity contribution >= 4 is 28.6 Å². The van der Waals surface area contributed by atoms with E-state index in [0.29, 0.717) is 12.0 Å². The van der Waals surface area contributed by atoms with Crippen molar-refractivity contribution in [3.8, 4) is 0 Å². The van der Waals surface area contributed by atoms with Gasteiger partial charge in [0.2, 0.25) is 5.95 Å². The molecule has 0 aromatic carbocycles. The van der Waals surface area contributed by atoms with Crippen molar-refractivity contribution in [2.75, 3.05) is 5.32 Å². The van der Waals surface area contributed by atoms with E-state index in [0.717, 1.165) is 34.2 Å². The average molecular weight is 321 g/mol. The number of aryl methyl sites for hydroxylation is 1. The number of rotatable bonds is 5. The van der Waals surface area contributed by atoms with Gasteiger partial charge in [-0.05, 0) is 56.0 Å². The van der Waals surface area contributed by atoms with Crippen LogP contribution in [0.5, 0.6) is 0 Å². The molecule has 0 fully saturated rings. The van der Waals surface area contributed by atoms with Gasteiger partial charge < -0.3 is 10.3 Å². The first-order valence-corrected chi connectivity index (χ1v) is 8.28. The summed E-state index contributed by atoms with van der Waals surface area (Å²) >= 11 is 0. The van der Waals surface area contributed by atoms with Crippen molar-refractivity contribution in [3.05, 3.63) is 47.5 Å². The zero-order chi connectivity index (χ0) is 17.1. The third kappa shape index (κ3) is 3.30. The maximum Gasteiger partial charge on any atom is 0.224 e. The van der Waals surface area contributed by atoms with E-state index in [1.807, 2.05) is 30.9 Å². The molecule has 24 heavy (non-hydrogen) atoms. The molecule has 0 aliphatic heterocycles. The minimum atomic E-state index is 0.354. The fourth-order valence-corrected chi connectivity index (χ4v) is 2.56. The van der Waals surface area contributed by atoms with E-state index in [1.165, 1.54) is 5.56 Å². The highest BCUT2D eigenvalue weighted by Gasteiger charge is 2.10. The average Bonchev–Trinajstić information content (AvgIpc) is 3.00. The first-order valence-electron chi connectivity index (χ1n) is 8.28. The fourth-order valence-electron chi connectivity index (χ4n) is 2.56. The number of H-pyrrole nitrogens is 1. The lowest BCUT2D eigenvalue weighted by atomic mass is 10.0. The maximum absolute atomic E-state index is 4.57. The molecule has 0 saturated carbocycles. The zero-order valence-corrected chi connectivity index (χ0v) is 14.6. The van der Waals surface area contributed by atoms with Gasteiger partial charge in [0.1, 0.15) is 5.65 Å². The molecule has 5 heteroatoms. The van der Waals surface area contributed by atoms with Crippen LogP contribution in [-0.2, 0) is 0 Å². The van der Waals surface area contributed by atoms with Gasteiger partial charge >= 0.3 is 0 Å². The monoisotopic (exact) mass is 321 g/mol. The Labute approximate surface area is 142 Å². The molecule has 5 nitrogen and oxygen atoms in total. The smallest absolute Gasteiger partial charge is 0.224 e. The van der Waals surface area contributed by atoms with Gasteiger partial charge in [0, 0.05) is 41.8 Å². The zero-order valence-electron chi connectivity index (χ0n) is 14.6. The second-order valence-corrected chi connectivity index (χ2v) is 6.17. The van der Waals surface area contributed by atoms with Crippen LogP contribution in [0.2, 0.25) is 0 Å². The minimum Gasteiger partial charge on any atom is -0.352 e. The van der Waals surface area contributed by atoms with Gasteiger partial charge in [-0.3, -0.25) is 4.98 Å². The molecule has 1 unspecified atom stereocenters. The summed E-state index contributed by atoms with van der Waals surface area (Å²) in [4.78, 5) is 16.5. The highest BCUT2D eigenvalue weighted by molar-refractivity contribution is 5.94. The molecule has 1 atom stereocenters. The Morgan fingerprint density at radius 3 is 2.96 bits per heavy atom. The lowest BCUT2D eigenvalue weighted by Crippen LogP contribution is -2.15. The lowest BCUT2D eigenvalue weighted by molar-refractivity contribution is 0.754. The maximum atomic E-state index is 4.57. The standard InChI is InChI=1S/C19H23N5/c1-5-14(4)23-19-22-11-17-16(10-21-18(17)24-19)13(3)8-15-9-20-7-6-12(15)2/h6-11,14H,5H2,1-4H3,(H2,21,22,23,24)/b13-8+. The Morgan fingerprint density at radius 2 is 2.21 bits per heavy atom. The Balaban J connectivity index is 1.94. The number of nitrogens with zero attached hydrogens (tertiary/aromatic N) is 3. The molecular formula is C19H23N5. The van der Waals surface area contributed by atoms with Gasteiger partial charge in [-0.25, -0.2) is 4.98 Å². The van der Waals surface area contributed by atoms with Gasteiger partial charge in [-0.1, -0.05) is 6.92 Å². The van der Waals surface area contributed by atoms with Crippen LogP contribution in [0.3, 0.4) is 0 Å². The molecule has 2 N–H and O–H groups in total. The van der Waals surface area contributed by atoms with E-state index in [9.17, 15) is 0 Å². The summed E-state index contributed by atoms with van der Waals surface area (Å²) in [5, 5.41) is 4.33. The number of hydrogen-bond donors (Lipinski definition) is 2. The van der Waals surface area contributed by atoms with Crippen LogP contribution in [0.25, 0.3) is 22.7 Å². The first kappa shape index (κ1) is 16.2. The molecule has 3 aromatic heterocycles. The number of nitrogens with one attached hydrogen (secondary N) is 2. The van der Waals surface area contributed by atoms with Crippen molar-refractivity contribution < 1.29 is 0 Å². The van der Waals surface area contributed by atoms with Gasteiger partial charge in [-0.2, -0.15) is 4.98 Å². The second kappa shape index (κ2) is 6.83. The summed E-state index contributed by atoms with van der Waals surface area (Å²) < 4.78 is 0. The van der Waals surface area contributed by atoms with E-state index in [2.05, 4.69) is 59.0 Å². The number of anilines is 1. The number of allylic oxidation sites excluding steroid dienone is 1. The van der Waals surface area contributed by atoms with Crippen LogP contribution in [0.4, 0.5) is 5.95 Å². The number of fused-ring (bicyclic) bond motifs is 1. The molecular weight excluding hydrogens is 298 g/mol. The van der Waals surface area contributed by atoms with Crippen LogP contribution < -0.4 is 5.32 Å². The Morgan fingerprint density at radius 1 is 1.38 bits per heavy atom. The fraction of sp³-hybridized carbons (Fsp3) is 0.316. The first-order chi connectivity index (χ1) is 11.6. The van der Waals surface area contributed by atoms with Crippen LogP contribution in [0.15, 0.2) is 30.9 Å². The Hall–Kier alpha value is -2.69. The molecule has 0 aliphatic rings. The van der Waals surface area contributed by atoms with Crippen molar-refractivity contribution in [2.45, 2.75) is 40.2 Å². The Bertz CT molecular complexity index is 878. The van der Waals surface area contributed by atoms with Gasteiger partial charge in [0.05, 0.1) is 0 Å². The van der Waals surface area contributed by atoms with Gasteiger partial charge in [0.25, 0.3) is 0 Å². The summed E-state index contributed by atoms with van der Waals surface area (Å²) in [6.45, 7) is 8.45. The van der Waals surface area contributed by atoms with Crippen LogP contribution in [0.1, 0.15) is 43.9 Å². The largest absolute Gasteiger partial charge is 0.352 e. The minimum absolute atomic E-state index is 0.354. The molecule has 0 spiro atoms. The van der Waals surface area contributed by atoms with Crippen molar-refractivity contribution in [1.82, 2.24) is 19.9 Å². The van der Waals surface area contributed by atoms with E-state index in [4.69, 9.17) is 0 Å². The second-order valence-electron chi connectivity index (χ2n) is 6.17. The van der Waals surface area contributed by atoms with E-state index in [-0.39, 0.29) is 0 Å². The molecule has 0 radical (unpaired) electrons. The normalized spacial score (nSPS) is 13.2. The topological polar surface area (TPSA) is 66.5 Å². The van der Waals surface area contributed by atoms with E-state index < -0.39 is 0 Å². The van der Waals surface area contributed by atoms with Gasteiger partial charge in [-0.15, -0.1) is 0 Å². The van der Waals surface area contributed by atoms with Crippen LogP contribution in [-0.4, -0.2) is 26.0 Å². The van der Waals surface area contributed by atoms with E-state index >= 15 is 0 Å². The van der Waals surface area contributed by atoms with E-state index in [1.54, 1.807) is 0 Å². The SMILES string of the molecule is CCC(C)Nc1ncc2c(/C(C)=C/c3cnccc3C)c[nH]c2n1. The van der Waals surface area contributed by atoms with Crippen LogP contribution in [0, 0.1) is 6.92 Å². The summed E-state index contributed by atoms with van der Waals surface area (Å²) in [7, 11) is 0. The van der Waals surface area contributed by atoms with Crippen LogP contribution >= 0.6 is 0 Å². The molecule has 3 heterocycles. The summed E-state index contributed by atoms with van der Waals surface area (Å²) in [5.74, 6) is 0.662. The molecule has 0 amide bonds. The number of hydrogen-bond acceptors (Lipinski definition) is 4. The third-order valence-electron chi connectivity index (χ3n) is 4.30. The third-order valence-corrected chi connectivity index (χ3v) is 4.30. The highest BCUT2D eigenvalue weighted by Crippen LogP contribution is 2.26. The summed E-state index contributed by atoms with van der Waals surface area (Å²) in [5.41, 5.74) is 5.45. The number of aromatic nitrogens is 4. The summed E-state index contributed by atoms with van der Waals surface area (Å²) in [6, 6.07) is 2.37. The highest BCUT2D eigenvalue weighted by atomic mass is 15.1. The summed E-state index contributed by atoms with van der Waals surface area (Å²) in [6.07, 6.45) is 10.8. The lowest BCUT2D eigenvalue weighted by Gasteiger charge is -2.10. The molecule has 3 aromatic rings. The predicted molar refractivity (Wildman–Crippen MR) is 99.8 cm³/mol. The number of pyridine rings is 1. The molecule has 0 saturated heterocycles. The molecule has 124 valence electrons.